The molecule has 0 radical (unpaired) electrons. The van der Waals surface area contributed by atoms with Gasteiger partial charge >= 0.3 is 0 Å². The summed E-state index contributed by atoms with van der Waals surface area (Å²) in [6.07, 6.45) is 2.95. The Bertz CT molecular complexity index is 706. The van der Waals surface area contributed by atoms with Crippen LogP contribution in [-0.4, -0.2) is 21.7 Å². The van der Waals surface area contributed by atoms with E-state index >= 15 is 0 Å². The lowest BCUT2D eigenvalue weighted by atomic mass is 10.1. The van der Waals surface area contributed by atoms with Crippen molar-refractivity contribution in [1.82, 2.24) is 15.1 Å². The number of rotatable bonds is 6. The van der Waals surface area contributed by atoms with Gasteiger partial charge in [0.25, 0.3) is 5.56 Å². The van der Waals surface area contributed by atoms with Gasteiger partial charge < -0.3 is 5.32 Å². The van der Waals surface area contributed by atoms with Crippen molar-refractivity contribution in [2.45, 2.75) is 46.2 Å². The molecule has 2 rings (SSSR count). The summed E-state index contributed by atoms with van der Waals surface area (Å²) in [5, 5.41) is 8.69. The Morgan fingerprint density at radius 3 is 2.73 bits per heavy atom. The van der Waals surface area contributed by atoms with E-state index in [-0.39, 0.29) is 17.5 Å². The predicted molar refractivity (Wildman–Crippen MR) is 87.7 cm³/mol. The average molecular weight is 301 g/mol. The maximum absolute atomic E-state index is 12.4. The third-order valence-corrected chi connectivity index (χ3v) is 3.61. The number of nitrogens with zero attached hydrogens (tertiary/aromatic N) is 2. The Labute approximate surface area is 130 Å². The van der Waals surface area contributed by atoms with Crippen LogP contribution in [0.1, 0.15) is 33.6 Å². The lowest BCUT2D eigenvalue weighted by Crippen LogP contribution is -2.40. The Morgan fingerprint density at radius 1 is 1.32 bits per heavy atom. The van der Waals surface area contributed by atoms with Crippen LogP contribution in [0.15, 0.2) is 35.3 Å². The van der Waals surface area contributed by atoms with Gasteiger partial charge in [0.15, 0.2) is 0 Å². The van der Waals surface area contributed by atoms with Gasteiger partial charge in [-0.05, 0) is 18.4 Å². The molecule has 1 atom stereocenters. The zero-order valence-corrected chi connectivity index (χ0v) is 13.4. The highest BCUT2D eigenvalue weighted by atomic mass is 16.2. The van der Waals surface area contributed by atoms with Crippen molar-refractivity contribution < 1.29 is 4.79 Å². The van der Waals surface area contributed by atoms with Crippen molar-refractivity contribution in [3.8, 4) is 0 Å². The fourth-order valence-corrected chi connectivity index (χ4v) is 2.40. The minimum atomic E-state index is -0.116. The minimum Gasteiger partial charge on any atom is -0.352 e. The highest BCUT2D eigenvalue weighted by molar-refractivity contribution is 5.80. The monoisotopic (exact) mass is 301 g/mol. The quantitative estimate of drug-likeness (QED) is 0.890. The number of aromatic nitrogens is 2. The second-order valence-electron chi connectivity index (χ2n) is 5.99. The maximum atomic E-state index is 12.4. The Hall–Kier alpha value is -2.17. The van der Waals surface area contributed by atoms with Gasteiger partial charge in [-0.25, -0.2) is 4.68 Å². The molecular formula is C17H23N3O2. The molecule has 0 spiro atoms. The standard InChI is InChI=1S/C17H23N3O2/c1-4-14(19-16(21)9-12(2)3)11-20-17(22)15-8-6-5-7-13(15)10-18-20/h5-8,10,12,14H,4,9,11H2,1-3H3,(H,19,21)/t14-/m1/s1. The molecular weight excluding hydrogens is 278 g/mol. The highest BCUT2D eigenvalue weighted by Gasteiger charge is 2.14. The van der Waals surface area contributed by atoms with Gasteiger partial charge in [0.2, 0.25) is 5.91 Å². The summed E-state index contributed by atoms with van der Waals surface area (Å²) in [6, 6.07) is 7.31. The molecule has 118 valence electrons. The van der Waals surface area contributed by atoms with E-state index in [4.69, 9.17) is 0 Å². The molecule has 22 heavy (non-hydrogen) atoms. The molecule has 0 aliphatic carbocycles. The first kappa shape index (κ1) is 16.2. The third-order valence-electron chi connectivity index (χ3n) is 3.61. The van der Waals surface area contributed by atoms with Crippen LogP contribution in [0.3, 0.4) is 0 Å². The van der Waals surface area contributed by atoms with Crippen molar-refractivity contribution in [1.29, 1.82) is 0 Å². The molecule has 1 amide bonds. The fourth-order valence-electron chi connectivity index (χ4n) is 2.40. The smallest absolute Gasteiger partial charge is 0.274 e. The van der Waals surface area contributed by atoms with Gasteiger partial charge in [0, 0.05) is 17.8 Å². The average Bonchev–Trinajstić information content (AvgIpc) is 2.48. The molecule has 0 aliphatic rings. The van der Waals surface area contributed by atoms with E-state index in [1.165, 1.54) is 4.68 Å². The summed E-state index contributed by atoms with van der Waals surface area (Å²) >= 11 is 0. The van der Waals surface area contributed by atoms with E-state index in [9.17, 15) is 9.59 Å². The number of carbonyl (C=O) groups excluding carboxylic acids is 1. The highest BCUT2D eigenvalue weighted by Crippen LogP contribution is 2.07. The van der Waals surface area contributed by atoms with Crippen molar-refractivity contribution in [2.24, 2.45) is 5.92 Å². The summed E-state index contributed by atoms with van der Waals surface area (Å²) in [7, 11) is 0. The van der Waals surface area contributed by atoms with Crippen LogP contribution < -0.4 is 10.9 Å². The van der Waals surface area contributed by atoms with Gasteiger partial charge in [-0.1, -0.05) is 39.0 Å². The molecule has 2 aromatic rings. The van der Waals surface area contributed by atoms with E-state index in [1.807, 2.05) is 39.0 Å². The molecule has 0 bridgehead atoms. The summed E-state index contributed by atoms with van der Waals surface area (Å²) < 4.78 is 1.44. The number of nitrogens with one attached hydrogen (secondary N) is 1. The summed E-state index contributed by atoms with van der Waals surface area (Å²) in [4.78, 5) is 24.3. The first-order chi connectivity index (χ1) is 10.5. The molecule has 1 heterocycles. The minimum absolute atomic E-state index is 0.0238. The van der Waals surface area contributed by atoms with Crippen LogP contribution in [0.2, 0.25) is 0 Å². The molecule has 5 heteroatoms. The third kappa shape index (κ3) is 3.93. The molecule has 0 saturated carbocycles. The van der Waals surface area contributed by atoms with E-state index in [2.05, 4.69) is 10.4 Å². The van der Waals surface area contributed by atoms with Crippen LogP contribution in [0.4, 0.5) is 0 Å². The zero-order chi connectivity index (χ0) is 16.1. The summed E-state index contributed by atoms with van der Waals surface area (Å²) in [5.74, 6) is 0.342. The van der Waals surface area contributed by atoms with Gasteiger partial charge in [-0.3, -0.25) is 9.59 Å². The van der Waals surface area contributed by atoms with Crippen LogP contribution in [-0.2, 0) is 11.3 Å². The van der Waals surface area contributed by atoms with Crippen molar-refractivity contribution in [3.05, 3.63) is 40.8 Å². The topological polar surface area (TPSA) is 64.0 Å². The van der Waals surface area contributed by atoms with Crippen LogP contribution in [0.25, 0.3) is 10.8 Å². The first-order valence-electron chi connectivity index (χ1n) is 7.75. The molecule has 0 fully saturated rings. The van der Waals surface area contributed by atoms with Crippen LogP contribution >= 0.6 is 0 Å². The number of fused-ring (bicyclic) bond motifs is 1. The SMILES string of the molecule is CC[C@H](Cn1ncc2ccccc2c1=O)NC(=O)CC(C)C. The summed E-state index contributed by atoms with van der Waals surface area (Å²) in [5.41, 5.74) is -0.116. The lowest BCUT2D eigenvalue weighted by Gasteiger charge is -2.18. The van der Waals surface area contributed by atoms with Crippen molar-refractivity contribution in [3.63, 3.8) is 0 Å². The molecule has 5 nitrogen and oxygen atoms in total. The Kier molecular flexibility index (Phi) is 5.31. The summed E-state index contributed by atoms with van der Waals surface area (Å²) in [6.45, 7) is 6.41. The van der Waals surface area contributed by atoms with Crippen LogP contribution in [0.5, 0.6) is 0 Å². The lowest BCUT2D eigenvalue weighted by molar-refractivity contribution is -0.122. The van der Waals surface area contributed by atoms with E-state index in [0.717, 1.165) is 11.8 Å². The normalized spacial score (nSPS) is 12.5. The van der Waals surface area contributed by atoms with E-state index in [0.29, 0.717) is 24.3 Å². The predicted octanol–water partition coefficient (Wildman–Crippen LogP) is 2.34. The Balaban J connectivity index is 2.16. The van der Waals surface area contributed by atoms with E-state index in [1.54, 1.807) is 12.3 Å². The number of hydrogen-bond donors (Lipinski definition) is 1. The zero-order valence-electron chi connectivity index (χ0n) is 13.4. The molecule has 1 aromatic carbocycles. The van der Waals surface area contributed by atoms with Crippen molar-refractivity contribution >= 4 is 16.7 Å². The maximum Gasteiger partial charge on any atom is 0.274 e. The second kappa shape index (κ2) is 7.20. The van der Waals surface area contributed by atoms with Gasteiger partial charge in [-0.2, -0.15) is 5.10 Å². The largest absolute Gasteiger partial charge is 0.352 e. The Morgan fingerprint density at radius 2 is 2.05 bits per heavy atom. The molecule has 1 aromatic heterocycles. The molecule has 0 unspecified atom stereocenters. The van der Waals surface area contributed by atoms with Crippen molar-refractivity contribution in [2.75, 3.05) is 0 Å². The number of amides is 1. The number of carbonyl (C=O) groups is 1. The second-order valence-corrected chi connectivity index (χ2v) is 5.99. The van der Waals surface area contributed by atoms with E-state index < -0.39 is 0 Å². The fraction of sp³-hybridized carbons (Fsp3) is 0.471. The molecule has 0 aliphatic heterocycles. The molecule has 0 saturated heterocycles. The molecule has 1 N–H and O–H groups in total. The van der Waals surface area contributed by atoms with Gasteiger partial charge in [0.05, 0.1) is 18.1 Å². The number of hydrogen-bond acceptors (Lipinski definition) is 3. The number of benzene rings is 1. The van der Waals surface area contributed by atoms with Gasteiger partial charge in [-0.15, -0.1) is 0 Å². The van der Waals surface area contributed by atoms with Gasteiger partial charge in [0.1, 0.15) is 0 Å². The van der Waals surface area contributed by atoms with Crippen LogP contribution in [0, 0.1) is 5.92 Å². The first-order valence-corrected chi connectivity index (χ1v) is 7.75.